The predicted molar refractivity (Wildman–Crippen MR) is 120 cm³/mol. The quantitative estimate of drug-likeness (QED) is 0.645. The standard InChI is InChI=1S/C24H28N4OS/c1-18(24(29)28-11-10-19-6-2-3-7-20(19)16-28)27-14-12-26(13-15-27)17-23-25-21-8-4-5-9-22(21)30-23/h2-9,18H,10-17H2,1H3/p+2/t18-/m0/s1. The summed E-state index contributed by atoms with van der Waals surface area (Å²) in [6, 6.07) is 17.0. The molecule has 3 heterocycles. The second kappa shape index (κ2) is 8.46. The van der Waals surface area contributed by atoms with Crippen molar-refractivity contribution in [2.75, 3.05) is 32.7 Å². The van der Waals surface area contributed by atoms with Crippen molar-refractivity contribution in [3.8, 4) is 0 Å². The Balaban J connectivity index is 1.15. The Morgan fingerprint density at radius 2 is 1.80 bits per heavy atom. The molecule has 1 amide bonds. The van der Waals surface area contributed by atoms with Crippen molar-refractivity contribution >= 4 is 27.5 Å². The molecule has 0 unspecified atom stereocenters. The normalized spacial score (nSPS) is 22.6. The number of nitrogens with one attached hydrogen (secondary N) is 2. The lowest BCUT2D eigenvalue weighted by molar-refractivity contribution is -1.02. The van der Waals surface area contributed by atoms with Crippen molar-refractivity contribution in [1.29, 1.82) is 0 Å². The van der Waals surface area contributed by atoms with Gasteiger partial charge in [0.25, 0.3) is 5.91 Å². The van der Waals surface area contributed by atoms with Gasteiger partial charge in [-0.2, -0.15) is 0 Å². The molecule has 2 aliphatic heterocycles. The van der Waals surface area contributed by atoms with Gasteiger partial charge in [-0.3, -0.25) is 4.79 Å². The van der Waals surface area contributed by atoms with E-state index in [0.29, 0.717) is 5.91 Å². The van der Waals surface area contributed by atoms with Gasteiger partial charge in [0.15, 0.2) is 6.04 Å². The van der Waals surface area contributed by atoms with Crippen LogP contribution in [0.2, 0.25) is 0 Å². The van der Waals surface area contributed by atoms with E-state index in [9.17, 15) is 4.79 Å². The number of piperazine rings is 1. The van der Waals surface area contributed by atoms with Crippen LogP contribution in [0.5, 0.6) is 0 Å². The molecule has 2 aromatic carbocycles. The Bertz CT molecular complexity index is 1010. The second-order valence-corrected chi connectivity index (χ2v) is 9.78. The van der Waals surface area contributed by atoms with Gasteiger partial charge < -0.3 is 14.7 Å². The topological polar surface area (TPSA) is 42.1 Å². The summed E-state index contributed by atoms with van der Waals surface area (Å²) >= 11 is 1.82. The molecule has 0 bridgehead atoms. The fourth-order valence-corrected chi connectivity index (χ4v) is 5.92. The number of nitrogens with zero attached hydrogens (tertiary/aromatic N) is 2. The summed E-state index contributed by atoms with van der Waals surface area (Å²) in [6.07, 6.45) is 0.976. The first-order chi connectivity index (χ1) is 14.7. The number of quaternary nitrogens is 2. The van der Waals surface area contributed by atoms with Crippen molar-refractivity contribution < 1.29 is 14.6 Å². The molecule has 6 heteroatoms. The summed E-state index contributed by atoms with van der Waals surface area (Å²) in [6.45, 7) is 9.05. The summed E-state index contributed by atoms with van der Waals surface area (Å²) in [5, 5.41) is 1.23. The number of rotatable bonds is 4. The van der Waals surface area contributed by atoms with Gasteiger partial charge in [0, 0.05) is 13.1 Å². The minimum atomic E-state index is 0.0410. The third-order valence-electron chi connectivity index (χ3n) is 6.76. The fraction of sp³-hybridized carbons (Fsp3) is 0.417. The van der Waals surface area contributed by atoms with Crippen LogP contribution in [0.3, 0.4) is 0 Å². The average Bonchev–Trinajstić information content (AvgIpc) is 3.20. The van der Waals surface area contributed by atoms with E-state index in [1.807, 2.05) is 11.3 Å². The number of aromatic nitrogens is 1. The van der Waals surface area contributed by atoms with Crippen LogP contribution < -0.4 is 9.80 Å². The van der Waals surface area contributed by atoms with Gasteiger partial charge in [-0.1, -0.05) is 36.4 Å². The summed E-state index contributed by atoms with van der Waals surface area (Å²) in [7, 11) is 0. The highest BCUT2D eigenvalue weighted by molar-refractivity contribution is 7.18. The molecule has 0 spiro atoms. The molecule has 1 fully saturated rings. The van der Waals surface area contributed by atoms with E-state index in [1.54, 1.807) is 4.90 Å². The number of amides is 1. The Labute approximate surface area is 181 Å². The molecule has 3 aromatic rings. The first-order valence-corrected chi connectivity index (χ1v) is 11.9. The van der Waals surface area contributed by atoms with Crippen LogP contribution in [0.1, 0.15) is 23.1 Å². The van der Waals surface area contributed by atoms with Crippen molar-refractivity contribution in [2.24, 2.45) is 0 Å². The largest absolute Gasteiger partial charge is 0.333 e. The third kappa shape index (κ3) is 4.00. The number of thiazole rings is 1. The van der Waals surface area contributed by atoms with E-state index in [4.69, 9.17) is 4.98 Å². The minimum Gasteiger partial charge on any atom is -0.333 e. The Morgan fingerprint density at radius 3 is 2.60 bits per heavy atom. The van der Waals surface area contributed by atoms with Crippen molar-refractivity contribution in [3.05, 3.63) is 64.7 Å². The molecule has 156 valence electrons. The van der Waals surface area contributed by atoms with Crippen molar-refractivity contribution in [2.45, 2.75) is 32.5 Å². The molecule has 0 radical (unpaired) electrons. The number of hydrogen-bond acceptors (Lipinski definition) is 3. The lowest BCUT2D eigenvalue weighted by Gasteiger charge is -2.36. The highest BCUT2D eigenvalue weighted by Crippen LogP contribution is 2.21. The lowest BCUT2D eigenvalue weighted by atomic mass is 9.99. The summed E-state index contributed by atoms with van der Waals surface area (Å²) < 4.78 is 1.28. The van der Waals surface area contributed by atoms with Gasteiger partial charge >= 0.3 is 0 Å². The summed E-state index contributed by atoms with van der Waals surface area (Å²) in [5.74, 6) is 0.314. The van der Waals surface area contributed by atoms with Gasteiger partial charge in [0.2, 0.25) is 0 Å². The minimum absolute atomic E-state index is 0.0410. The van der Waals surface area contributed by atoms with Crippen molar-refractivity contribution in [3.63, 3.8) is 0 Å². The van der Waals surface area contributed by atoms with Crippen LogP contribution in [-0.2, 0) is 24.3 Å². The van der Waals surface area contributed by atoms with E-state index in [2.05, 4.69) is 60.4 Å². The molecular formula is C24H30N4OS+2. The zero-order valence-corrected chi connectivity index (χ0v) is 18.4. The predicted octanol–water partition coefficient (Wildman–Crippen LogP) is 0.553. The van der Waals surface area contributed by atoms with Crippen LogP contribution >= 0.6 is 11.3 Å². The van der Waals surface area contributed by atoms with Gasteiger partial charge in [-0.25, -0.2) is 4.98 Å². The maximum Gasteiger partial charge on any atom is 0.280 e. The van der Waals surface area contributed by atoms with E-state index >= 15 is 0 Å². The van der Waals surface area contributed by atoms with E-state index in [1.165, 1.54) is 25.7 Å². The lowest BCUT2D eigenvalue weighted by Crippen LogP contribution is -3.29. The smallest absolute Gasteiger partial charge is 0.280 e. The molecule has 0 aliphatic carbocycles. The van der Waals surface area contributed by atoms with Gasteiger partial charge in [0.05, 0.1) is 10.2 Å². The molecule has 2 N–H and O–H groups in total. The molecule has 2 aliphatic rings. The zero-order chi connectivity index (χ0) is 20.5. The first kappa shape index (κ1) is 19.7. The molecule has 0 saturated carbocycles. The second-order valence-electron chi connectivity index (χ2n) is 8.66. The van der Waals surface area contributed by atoms with Gasteiger partial charge in [-0.15, -0.1) is 11.3 Å². The monoisotopic (exact) mass is 422 g/mol. The molecular weight excluding hydrogens is 392 g/mol. The number of para-hydroxylation sites is 1. The average molecular weight is 423 g/mol. The van der Waals surface area contributed by atoms with Crippen LogP contribution in [0.25, 0.3) is 10.2 Å². The maximum absolute atomic E-state index is 13.2. The van der Waals surface area contributed by atoms with E-state index < -0.39 is 0 Å². The maximum atomic E-state index is 13.2. The zero-order valence-electron chi connectivity index (χ0n) is 17.6. The highest BCUT2D eigenvalue weighted by atomic mass is 32.1. The Hall–Kier alpha value is -2.28. The number of fused-ring (bicyclic) bond motifs is 2. The van der Waals surface area contributed by atoms with Gasteiger partial charge in [0.1, 0.15) is 37.7 Å². The number of hydrogen-bond donors (Lipinski definition) is 2. The fourth-order valence-electron chi connectivity index (χ4n) is 4.88. The van der Waals surface area contributed by atoms with E-state index in [-0.39, 0.29) is 6.04 Å². The number of carbonyl (C=O) groups excluding carboxylic acids is 1. The molecule has 1 atom stereocenters. The van der Waals surface area contributed by atoms with E-state index in [0.717, 1.165) is 57.8 Å². The molecule has 1 aromatic heterocycles. The van der Waals surface area contributed by atoms with Crippen LogP contribution in [-0.4, -0.2) is 54.6 Å². The molecule has 1 saturated heterocycles. The molecule has 30 heavy (non-hydrogen) atoms. The SMILES string of the molecule is C[C@@H](C(=O)N1CCc2ccccc2C1)[NH+]1CC[NH+](Cc2nc3ccccc3s2)CC1. The number of benzene rings is 2. The number of carbonyl (C=O) groups is 1. The van der Waals surface area contributed by atoms with Gasteiger partial charge in [-0.05, 0) is 36.6 Å². The van der Waals surface area contributed by atoms with Crippen LogP contribution in [0, 0.1) is 0 Å². The third-order valence-corrected chi connectivity index (χ3v) is 7.80. The Kier molecular flexibility index (Phi) is 5.54. The highest BCUT2D eigenvalue weighted by Gasteiger charge is 2.34. The summed E-state index contributed by atoms with van der Waals surface area (Å²) in [5.41, 5.74) is 3.82. The first-order valence-electron chi connectivity index (χ1n) is 11.1. The molecule has 5 nitrogen and oxygen atoms in total. The van der Waals surface area contributed by atoms with Crippen LogP contribution in [0.4, 0.5) is 0 Å². The summed E-state index contributed by atoms with van der Waals surface area (Å²) in [4.78, 5) is 23.1. The Morgan fingerprint density at radius 1 is 1.07 bits per heavy atom. The van der Waals surface area contributed by atoms with Crippen molar-refractivity contribution in [1.82, 2.24) is 9.88 Å². The molecule has 5 rings (SSSR count). The van der Waals surface area contributed by atoms with Crippen LogP contribution in [0.15, 0.2) is 48.5 Å².